The first-order chi connectivity index (χ1) is 11.6. The Balaban J connectivity index is 1.67. The zero-order valence-corrected chi connectivity index (χ0v) is 15.0. The lowest BCUT2D eigenvalue weighted by atomic mass is 10.2. The maximum absolute atomic E-state index is 12.8. The minimum absolute atomic E-state index is 0.0587. The summed E-state index contributed by atoms with van der Waals surface area (Å²) in [6.07, 6.45) is 2.72. The highest BCUT2D eigenvalue weighted by molar-refractivity contribution is 7.98. The van der Waals surface area contributed by atoms with Crippen LogP contribution in [0, 0.1) is 13.8 Å². The molecule has 0 spiro atoms. The van der Waals surface area contributed by atoms with Crippen LogP contribution in [0.3, 0.4) is 0 Å². The molecule has 0 saturated carbocycles. The van der Waals surface area contributed by atoms with Crippen LogP contribution in [0.5, 0.6) is 6.01 Å². The van der Waals surface area contributed by atoms with Crippen molar-refractivity contribution in [3.05, 3.63) is 47.3 Å². The quantitative estimate of drug-likeness (QED) is 0.799. The number of ether oxygens (including phenoxy) is 1. The van der Waals surface area contributed by atoms with Gasteiger partial charge in [-0.05, 0) is 38.3 Å². The third kappa shape index (κ3) is 3.70. The zero-order chi connectivity index (χ0) is 17.1. The Kier molecular flexibility index (Phi) is 5.04. The molecule has 2 aromatic rings. The van der Waals surface area contributed by atoms with Crippen LogP contribution in [0.2, 0.25) is 0 Å². The Labute approximate surface area is 146 Å². The maximum Gasteiger partial charge on any atom is 0.317 e. The number of benzene rings is 1. The highest BCUT2D eigenvalue weighted by Gasteiger charge is 2.29. The van der Waals surface area contributed by atoms with Crippen LogP contribution in [-0.4, -0.2) is 46.2 Å². The Morgan fingerprint density at radius 3 is 2.67 bits per heavy atom. The van der Waals surface area contributed by atoms with E-state index in [0.29, 0.717) is 19.1 Å². The number of hydrogen-bond acceptors (Lipinski definition) is 5. The van der Waals surface area contributed by atoms with Gasteiger partial charge >= 0.3 is 6.01 Å². The fourth-order valence-corrected chi connectivity index (χ4v) is 3.49. The van der Waals surface area contributed by atoms with E-state index < -0.39 is 0 Å². The fraction of sp³-hybridized carbons (Fsp3) is 0.389. The van der Waals surface area contributed by atoms with Crippen LogP contribution in [0.4, 0.5) is 0 Å². The Bertz CT molecular complexity index is 731. The lowest BCUT2D eigenvalue weighted by molar-refractivity contribution is 0.0766. The van der Waals surface area contributed by atoms with E-state index in [-0.39, 0.29) is 12.0 Å². The third-order valence-corrected chi connectivity index (χ3v) is 4.80. The molecule has 1 atom stereocenters. The van der Waals surface area contributed by atoms with Crippen molar-refractivity contribution in [2.75, 3.05) is 19.3 Å². The van der Waals surface area contributed by atoms with Crippen molar-refractivity contribution in [1.82, 2.24) is 14.9 Å². The Hall–Kier alpha value is -2.08. The van der Waals surface area contributed by atoms with Gasteiger partial charge in [0.05, 0.1) is 12.1 Å². The molecule has 2 heterocycles. The van der Waals surface area contributed by atoms with Crippen molar-refractivity contribution < 1.29 is 9.53 Å². The molecule has 0 bridgehead atoms. The second-order valence-corrected chi connectivity index (χ2v) is 6.76. The normalized spacial score (nSPS) is 17.1. The number of amides is 1. The van der Waals surface area contributed by atoms with E-state index in [1.807, 2.05) is 55.3 Å². The standard InChI is InChI=1S/C18H21N3O2S/c1-12-10-13(2)20-18(19-12)23-14-8-9-21(11-14)17(22)15-6-4-5-7-16(15)24-3/h4-7,10,14H,8-9,11H2,1-3H3/t14-/m1/s1. The van der Waals surface area contributed by atoms with E-state index in [2.05, 4.69) is 9.97 Å². The number of rotatable bonds is 4. The molecule has 1 aromatic heterocycles. The first kappa shape index (κ1) is 16.8. The van der Waals surface area contributed by atoms with Crippen molar-refractivity contribution >= 4 is 17.7 Å². The van der Waals surface area contributed by atoms with E-state index in [9.17, 15) is 4.79 Å². The van der Waals surface area contributed by atoms with Gasteiger partial charge in [-0.15, -0.1) is 11.8 Å². The third-order valence-electron chi connectivity index (χ3n) is 4.00. The number of thioether (sulfide) groups is 1. The minimum Gasteiger partial charge on any atom is -0.458 e. The molecule has 0 N–H and O–H groups in total. The SMILES string of the molecule is CSc1ccccc1C(=O)N1CC[C@@H](Oc2nc(C)cc(C)n2)C1. The van der Waals surface area contributed by atoms with Gasteiger partial charge in [-0.2, -0.15) is 0 Å². The zero-order valence-electron chi connectivity index (χ0n) is 14.2. The summed E-state index contributed by atoms with van der Waals surface area (Å²) in [5.74, 6) is 0.0624. The van der Waals surface area contributed by atoms with Crippen LogP contribution in [0.15, 0.2) is 35.2 Å². The molecule has 1 fully saturated rings. The molecule has 0 radical (unpaired) electrons. The van der Waals surface area contributed by atoms with Crippen LogP contribution < -0.4 is 4.74 Å². The average Bonchev–Trinajstić information content (AvgIpc) is 3.01. The van der Waals surface area contributed by atoms with E-state index in [4.69, 9.17) is 4.74 Å². The molecule has 0 aliphatic carbocycles. The van der Waals surface area contributed by atoms with Crippen LogP contribution in [-0.2, 0) is 0 Å². The van der Waals surface area contributed by atoms with E-state index >= 15 is 0 Å². The number of aromatic nitrogens is 2. The molecule has 6 heteroatoms. The van der Waals surface area contributed by atoms with Gasteiger partial charge in [0, 0.05) is 29.2 Å². The lowest BCUT2D eigenvalue weighted by Crippen LogP contribution is -2.31. The van der Waals surface area contributed by atoms with Gasteiger partial charge in [0.15, 0.2) is 0 Å². The molecular formula is C18H21N3O2S. The fourth-order valence-electron chi connectivity index (χ4n) is 2.90. The van der Waals surface area contributed by atoms with Gasteiger partial charge in [0.25, 0.3) is 5.91 Å². The topological polar surface area (TPSA) is 55.3 Å². The number of likely N-dealkylation sites (tertiary alicyclic amines) is 1. The smallest absolute Gasteiger partial charge is 0.317 e. The Morgan fingerprint density at radius 1 is 1.25 bits per heavy atom. The average molecular weight is 343 g/mol. The molecule has 1 saturated heterocycles. The summed E-state index contributed by atoms with van der Waals surface area (Å²) in [5.41, 5.74) is 2.53. The molecule has 24 heavy (non-hydrogen) atoms. The molecule has 126 valence electrons. The number of hydrogen-bond donors (Lipinski definition) is 0. The molecule has 1 aliphatic rings. The largest absolute Gasteiger partial charge is 0.458 e. The predicted molar refractivity (Wildman–Crippen MR) is 94.7 cm³/mol. The van der Waals surface area contributed by atoms with E-state index in [1.54, 1.807) is 11.8 Å². The van der Waals surface area contributed by atoms with Crippen molar-refractivity contribution in [3.63, 3.8) is 0 Å². The van der Waals surface area contributed by atoms with Crippen molar-refractivity contribution in [1.29, 1.82) is 0 Å². The summed E-state index contributed by atoms with van der Waals surface area (Å²) in [5, 5.41) is 0. The van der Waals surface area contributed by atoms with Gasteiger partial charge in [-0.1, -0.05) is 12.1 Å². The van der Waals surface area contributed by atoms with Gasteiger partial charge < -0.3 is 9.64 Å². The second kappa shape index (κ2) is 7.21. The molecular weight excluding hydrogens is 322 g/mol. The minimum atomic E-state index is -0.0587. The maximum atomic E-state index is 12.8. The Morgan fingerprint density at radius 2 is 1.96 bits per heavy atom. The number of carbonyl (C=O) groups excluding carboxylic acids is 1. The number of aryl methyl sites for hydroxylation is 2. The first-order valence-corrected chi connectivity index (χ1v) is 9.20. The highest BCUT2D eigenvalue weighted by atomic mass is 32.2. The van der Waals surface area contributed by atoms with Crippen molar-refractivity contribution in [2.24, 2.45) is 0 Å². The summed E-state index contributed by atoms with van der Waals surface area (Å²) in [6.45, 7) is 5.10. The molecule has 1 aromatic carbocycles. The summed E-state index contributed by atoms with van der Waals surface area (Å²) in [6, 6.07) is 10.0. The lowest BCUT2D eigenvalue weighted by Gasteiger charge is -2.18. The number of nitrogens with zero attached hydrogens (tertiary/aromatic N) is 3. The van der Waals surface area contributed by atoms with Crippen LogP contribution in [0.25, 0.3) is 0 Å². The highest BCUT2D eigenvalue weighted by Crippen LogP contribution is 2.24. The molecule has 3 rings (SSSR count). The van der Waals surface area contributed by atoms with Crippen molar-refractivity contribution in [3.8, 4) is 6.01 Å². The monoisotopic (exact) mass is 343 g/mol. The van der Waals surface area contributed by atoms with Gasteiger partial charge in [0.1, 0.15) is 6.10 Å². The van der Waals surface area contributed by atoms with Gasteiger partial charge in [0.2, 0.25) is 0 Å². The second-order valence-electron chi connectivity index (χ2n) is 5.91. The van der Waals surface area contributed by atoms with Gasteiger partial charge in [-0.25, -0.2) is 9.97 Å². The first-order valence-electron chi connectivity index (χ1n) is 7.98. The van der Waals surface area contributed by atoms with Crippen LogP contribution in [0.1, 0.15) is 28.2 Å². The van der Waals surface area contributed by atoms with Crippen molar-refractivity contribution in [2.45, 2.75) is 31.3 Å². The van der Waals surface area contributed by atoms with E-state index in [1.165, 1.54) is 0 Å². The molecule has 1 amide bonds. The summed E-state index contributed by atoms with van der Waals surface area (Å²) >= 11 is 1.59. The summed E-state index contributed by atoms with van der Waals surface area (Å²) < 4.78 is 5.89. The molecule has 1 aliphatic heterocycles. The van der Waals surface area contributed by atoms with E-state index in [0.717, 1.165) is 28.3 Å². The predicted octanol–water partition coefficient (Wildman–Crippen LogP) is 3.11. The summed E-state index contributed by atoms with van der Waals surface area (Å²) in [4.78, 5) is 24.2. The molecule has 0 unspecified atom stereocenters. The van der Waals surface area contributed by atoms with Gasteiger partial charge in [-0.3, -0.25) is 4.79 Å². The summed E-state index contributed by atoms with van der Waals surface area (Å²) in [7, 11) is 0. The van der Waals surface area contributed by atoms with Crippen LogP contribution >= 0.6 is 11.8 Å². The molecule has 5 nitrogen and oxygen atoms in total. The number of carbonyl (C=O) groups is 1.